The first-order valence-electron chi connectivity index (χ1n) is 7.28. The van der Waals surface area contributed by atoms with Crippen LogP contribution in [0.1, 0.15) is 36.5 Å². The van der Waals surface area contributed by atoms with Gasteiger partial charge in [0.05, 0.1) is 17.8 Å². The fourth-order valence-electron chi connectivity index (χ4n) is 2.79. The summed E-state index contributed by atoms with van der Waals surface area (Å²) in [7, 11) is 0. The fraction of sp³-hybridized carbons (Fsp3) is 0.375. The highest BCUT2D eigenvalue weighted by Crippen LogP contribution is 2.41. The van der Waals surface area contributed by atoms with Crippen LogP contribution in [0.3, 0.4) is 0 Å². The third-order valence-corrected chi connectivity index (χ3v) is 5.76. The van der Waals surface area contributed by atoms with Crippen molar-refractivity contribution in [1.82, 2.24) is 15.2 Å². The number of thiophene rings is 1. The van der Waals surface area contributed by atoms with Crippen molar-refractivity contribution in [3.8, 4) is 0 Å². The van der Waals surface area contributed by atoms with Crippen molar-refractivity contribution >= 4 is 44.6 Å². The van der Waals surface area contributed by atoms with Gasteiger partial charge in [-0.25, -0.2) is 0 Å². The summed E-state index contributed by atoms with van der Waals surface area (Å²) in [5.74, 6) is 0.549. The number of pyridine rings is 1. The Morgan fingerprint density at radius 1 is 1.45 bits per heavy atom. The van der Waals surface area contributed by atoms with E-state index in [1.807, 2.05) is 18.3 Å². The van der Waals surface area contributed by atoms with E-state index in [9.17, 15) is 0 Å². The molecule has 0 aliphatic carbocycles. The Kier molecular flexibility index (Phi) is 4.80. The van der Waals surface area contributed by atoms with Crippen LogP contribution >= 0.6 is 39.5 Å². The van der Waals surface area contributed by atoms with Crippen molar-refractivity contribution in [2.75, 3.05) is 6.54 Å². The first kappa shape index (κ1) is 15.9. The van der Waals surface area contributed by atoms with Crippen LogP contribution in [0.2, 0.25) is 0 Å². The maximum Gasteiger partial charge on any atom is 0.170 e. The molecule has 0 aromatic carbocycles. The van der Waals surface area contributed by atoms with E-state index in [4.69, 9.17) is 12.2 Å². The Morgan fingerprint density at radius 3 is 2.86 bits per heavy atom. The standard InChI is InChI=1S/C16H18BrN3S2/c1-10(2)8-20-15(13-7-11(17)9-22-13)14(19-16(20)21)12-5-3-4-6-18-12/h3-7,9-10,14-15H,8H2,1-2H3,(H,19,21). The van der Waals surface area contributed by atoms with Crippen LogP contribution in [-0.2, 0) is 0 Å². The quantitative estimate of drug-likeness (QED) is 0.769. The molecule has 6 heteroatoms. The van der Waals surface area contributed by atoms with E-state index >= 15 is 0 Å². The lowest BCUT2D eigenvalue weighted by Crippen LogP contribution is -2.32. The summed E-state index contributed by atoms with van der Waals surface area (Å²) in [5, 5.41) is 6.41. The highest BCUT2D eigenvalue weighted by atomic mass is 79.9. The van der Waals surface area contributed by atoms with Crippen LogP contribution in [0.15, 0.2) is 40.3 Å². The Balaban J connectivity index is 2.00. The molecule has 0 amide bonds. The van der Waals surface area contributed by atoms with Crippen LogP contribution < -0.4 is 5.32 Å². The minimum Gasteiger partial charge on any atom is -0.352 e. The lowest BCUT2D eigenvalue weighted by atomic mass is 10.0. The predicted molar refractivity (Wildman–Crippen MR) is 99.0 cm³/mol. The second-order valence-corrected chi connectivity index (χ2v) is 8.09. The zero-order chi connectivity index (χ0) is 15.7. The smallest absolute Gasteiger partial charge is 0.170 e. The normalized spacial score (nSPS) is 21.5. The molecular formula is C16H18BrN3S2. The maximum absolute atomic E-state index is 5.60. The van der Waals surface area contributed by atoms with E-state index in [2.05, 4.69) is 62.5 Å². The van der Waals surface area contributed by atoms with Gasteiger partial charge < -0.3 is 10.2 Å². The summed E-state index contributed by atoms with van der Waals surface area (Å²) in [6, 6.07) is 8.52. The first-order chi connectivity index (χ1) is 10.6. The molecule has 0 bridgehead atoms. The molecule has 0 spiro atoms. The van der Waals surface area contributed by atoms with Gasteiger partial charge in [0.15, 0.2) is 5.11 Å². The highest BCUT2D eigenvalue weighted by Gasteiger charge is 2.40. The number of hydrogen-bond donors (Lipinski definition) is 1. The molecule has 0 saturated carbocycles. The molecule has 1 saturated heterocycles. The molecular weight excluding hydrogens is 378 g/mol. The molecule has 2 atom stereocenters. The molecule has 2 aromatic rings. The highest BCUT2D eigenvalue weighted by molar-refractivity contribution is 9.10. The first-order valence-corrected chi connectivity index (χ1v) is 9.36. The van der Waals surface area contributed by atoms with E-state index < -0.39 is 0 Å². The van der Waals surface area contributed by atoms with E-state index in [0.717, 1.165) is 21.8 Å². The van der Waals surface area contributed by atoms with Crippen molar-refractivity contribution in [3.63, 3.8) is 0 Å². The Hall–Kier alpha value is -0.980. The largest absolute Gasteiger partial charge is 0.352 e. The molecule has 1 N–H and O–H groups in total. The van der Waals surface area contributed by atoms with Crippen LogP contribution in [0, 0.1) is 5.92 Å². The van der Waals surface area contributed by atoms with Gasteiger partial charge in [-0.05, 0) is 52.3 Å². The number of aromatic nitrogens is 1. The minimum absolute atomic E-state index is 0.0954. The molecule has 1 aliphatic heterocycles. The molecule has 2 unspecified atom stereocenters. The third-order valence-electron chi connectivity index (χ3n) is 3.64. The van der Waals surface area contributed by atoms with Gasteiger partial charge in [0, 0.05) is 27.5 Å². The summed E-state index contributed by atoms with van der Waals surface area (Å²) in [6.07, 6.45) is 1.84. The molecule has 3 heterocycles. The van der Waals surface area contributed by atoms with Gasteiger partial charge in [-0.15, -0.1) is 11.3 Å². The molecule has 116 valence electrons. The second kappa shape index (κ2) is 6.64. The molecule has 1 aliphatic rings. The summed E-state index contributed by atoms with van der Waals surface area (Å²) in [4.78, 5) is 8.14. The average Bonchev–Trinajstić information content (AvgIpc) is 3.04. The third kappa shape index (κ3) is 3.19. The SMILES string of the molecule is CC(C)CN1C(=S)NC(c2ccccn2)C1c1cc(Br)cs1. The van der Waals surface area contributed by atoms with Gasteiger partial charge in [0.2, 0.25) is 0 Å². The number of halogens is 1. The number of rotatable bonds is 4. The Labute approximate surface area is 148 Å². The van der Waals surface area contributed by atoms with Crippen LogP contribution in [0.4, 0.5) is 0 Å². The van der Waals surface area contributed by atoms with Gasteiger partial charge in [0.1, 0.15) is 0 Å². The fourth-order valence-corrected chi connectivity index (χ4v) is 4.70. The van der Waals surface area contributed by atoms with Crippen molar-refractivity contribution in [3.05, 3.63) is 50.9 Å². The van der Waals surface area contributed by atoms with Crippen LogP contribution in [0.25, 0.3) is 0 Å². The van der Waals surface area contributed by atoms with E-state index in [-0.39, 0.29) is 12.1 Å². The van der Waals surface area contributed by atoms with Crippen LogP contribution in [0.5, 0.6) is 0 Å². The van der Waals surface area contributed by atoms with Gasteiger partial charge in [-0.1, -0.05) is 19.9 Å². The van der Waals surface area contributed by atoms with Crippen molar-refractivity contribution in [2.45, 2.75) is 25.9 Å². The van der Waals surface area contributed by atoms with Gasteiger partial charge in [-0.2, -0.15) is 0 Å². The van der Waals surface area contributed by atoms with E-state index in [1.165, 1.54) is 4.88 Å². The van der Waals surface area contributed by atoms with Crippen LogP contribution in [-0.4, -0.2) is 21.5 Å². The van der Waals surface area contributed by atoms with E-state index in [1.54, 1.807) is 11.3 Å². The summed E-state index contributed by atoms with van der Waals surface area (Å²) in [6.45, 7) is 5.38. The van der Waals surface area contributed by atoms with Gasteiger partial charge in [-0.3, -0.25) is 4.98 Å². The van der Waals surface area contributed by atoms with Crippen molar-refractivity contribution < 1.29 is 0 Å². The maximum atomic E-state index is 5.60. The second-order valence-electron chi connectivity index (χ2n) is 5.84. The topological polar surface area (TPSA) is 28.2 Å². The van der Waals surface area contributed by atoms with Crippen molar-refractivity contribution in [2.24, 2.45) is 5.92 Å². The van der Waals surface area contributed by atoms with Crippen molar-refractivity contribution in [1.29, 1.82) is 0 Å². The lowest BCUT2D eigenvalue weighted by Gasteiger charge is -2.28. The summed E-state index contributed by atoms with van der Waals surface area (Å²) >= 11 is 10.9. The minimum atomic E-state index is 0.0954. The zero-order valence-electron chi connectivity index (χ0n) is 12.5. The number of hydrogen-bond acceptors (Lipinski definition) is 3. The van der Waals surface area contributed by atoms with E-state index in [0.29, 0.717) is 5.92 Å². The molecule has 3 nitrogen and oxygen atoms in total. The zero-order valence-corrected chi connectivity index (χ0v) is 15.7. The lowest BCUT2D eigenvalue weighted by molar-refractivity contribution is 0.291. The molecule has 0 radical (unpaired) electrons. The Bertz CT molecular complexity index is 656. The predicted octanol–water partition coefficient (Wildman–Crippen LogP) is 4.53. The molecule has 2 aromatic heterocycles. The van der Waals surface area contributed by atoms with Gasteiger partial charge >= 0.3 is 0 Å². The average molecular weight is 396 g/mol. The Morgan fingerprint density at radius 2 is 2.27 bits per heavy atom. The molecule has 1 fully saturated rings. The monoisotopic (exact) mass is 395 g/mol. The molecule has 3 rings (SSSR count). The number of nitrogens with one attached hydrogen (secondary N) is 1. The number of thiocarbonyl (C=S) groups is 1. The summed E-state index contributed by atoms with van der Waals surface area (Å²) < 4.78 is 1.12. The number of nitrogens with zero attached hydrogens (tertiary/aromatic N) is 2. The summed E-state index contributed by atoms with van der Waals surface area (Å²) in [5.41, 5.74) is 1.03. The molecule has 22 heavy (non-hydrogen) atoms. The van der Waals surface area contributed by atoms with Gasteiger partial charge in [0.25, 0.3) is 0 Å².